The first-order valence-corrected chi connectivity index (χ1v) is 14.3. The maximum Gasteiger partial charge on any atom is 0.241 e. The predicted octanol–water partition coefficient (Wildman–Crippen LogP) is 5.18. The topological polar surface area (TPSA) is 75.7 Å². The van der Waals surface area contributed by atoms with Crippen LogP contribution in [0.3, 0.4) is 0 Å². The number of carbonyl (C=O) groups is 1. The van der Waals surface area contributed by atoms with Crippen LogP contribution in [0.4, 0.5) is 5.69 Å². The summed E-state index contributed by atoms with van der Waals surface area (Å²) in [5.41, 5.74) is 5.28. The molecule has 36 heavy (non-hydrogen) atoms. The van der Waals surface area contributed by atoms with Gasteiger partial charge in [-0.05, 0) is 78.6 Å². The molecule has 0 unspecified atom stereocenters. The molecule has 1 N–H and O–H groups in total. The molecule has 1 amide bonds. The Hall–Kier alpha value is -3.32. The zero-order valence-electron chi connectivity index (χ0n) is 20.9. The largest absolute Gasteiger partial charge is 0.489 e. The number of nitrogens with one attached hydrogen (secondary N) is 1. The Morgan fingerprint density at radius 3 is 2.33 bits per heavy atom. The zero-order valence-corrected chi connectivity index (χ0v) is 21.8. The van der Waals surface area contributed by atoms with Crippen LogP contribution in [-0.4, -0.2) is 27.1 Å². The second-order valence-electron chi connectivity index (χ2n) is 9.30. The number of hydrogen-bond acceptors (Lipinski definition) is 4. The van der Waals surface area contributed by atoms with Crippen molar-refractivity contribution in [2.45, 2.75) is 51.7 Å². The molecule has 6 nitrogen and oxygen atoms in total. The van der Waals surface area contributed by atoms with Gasteiger partial charge >= 0.3 is 0 Å². The molecule has 1 aliphatic rings. The maximum atomic E-state index is 13.0. The van der Waals surface area contributed by atoms with Crippen LogP contribution in [0.15, 0.2) is 72.8 Å². The molecule has 0 saturated heterocycles. The van der Waals surface area contributed by atoms with Gasteiger partial charge in [-0.3, -0.25) is 9.10 Å². The Bertz CT molecular complexity index is 1270. The Morgan fingerprint density at radius 1 is 0.972 bits per heavy atom. The number of rotatable bonds is 10. The van der Waals surface area contributed by atoms with E-state index in [4.69, 9.17) is 4.74 Å². The van der Waals surface area contributed by atoms with E-state index in [1.807, 2.05) is 37.3 Å². The highest BCUT2D eigenvalue weighted by Crippen LogP contribution is 2.27. The van der Waals surface area contributed by atoms with E-state index in [0.717, 1.165) is 41.0 Å². The molecule has 0 saturated carbocycles. The Morgan fingerprint density at radius 2 is 1.67 bits per heavy atom. The van der Waals surface area contributed by atoms with Gasteiger partial charge in [-0.15, -0.1) is 0 Å². The van der Waals surface area contributed by atoms with Crippen molar-refractivity contribution in [3.05, 3.63) is 95.1 Å². The number of carbonyl (C=O) groups excluding carboxylic acids is 1. The van der Waals surface area contributed by atoms with Gasteiger partial charge in [-0.1, -0.05) is 55.5 Å². The lowest BCUT2D eigenvalue weighted by Crippen LogP contribution is -2.41. The molecule has 1 atom stereocenters. The summed E-state index contributed by atoms with van der Waals surface area (Å²) in [5.74, 6) is 0.286. The van der Waals surface area contributed by atoms with Crippen LogP contribution in [0, 0.1) is 0 Å². The molecule has 0 radical (unpaired) electrons. The van der Waals surface area contributed by atoms with Crippen molar-refractivity contribution in [2.24, 2.45) is 0 Å². The Labute approximate surface area is 214 Å². The number of amides is 1. The molecule has 0 spiro atoms. The number of sulfonamides is 1. The number of fused-ring (bicyclic) bond motifs is 1. The van der Waals surface area contributed by atoms with Crippen molar-refractivity contribution < 1.29 is 17.9 Å². The zero-order chi connectivity index (χ0) is 25.5. The van der Waals surface area contributed by atoms with Crippen molar-refractivity contribution in [2.75, 3.05) is 17.1 Å². The molecule has 1 aliphatic carbocycles. The SMILES string of the molecule is CC[C@H](NC(=O)CN(c1ccc(OCc2ccccc2)cc1)S(C)(=O)=O)c1ccc2c(c1)CCCC2. The Balaban J connectivity index is 1.42. The van der Waals surface area contributed by atoms with Crippen LogP contribution in [0.1, 0.15) is 54.5 Å². The van der Waals surface area contributed by atoms with E-state index >= 15 is 0 Å². The van der Waals surface area contributed by atoms with Crippen molar-refractivity contribution in [3.63, 3.8) is 0 Å². The molecule has 0 heterocycles. The van der Waals surface area contributed by atoms with Crippen molar-refractivity contribution in [1.82, 2.24) is 5.32 Å². The van der Waals surface area contributed by atoms with E-state index < -0.39 is 10.0 Å². The minimum Gasteiger partial charge on any atom is -0.489 e. The minimum atomic E-state index is -3.67. The summed E-state index contributed by atoms with van der Waals surface area (Å²) in [6, 6.07) is 22.9. The van der Waals surface area contributed by atoms with E-state index in [2.05, 4.69) is 23.5 Å². The highest BCUT2D eigenvalue weighted by Gasteiger charge is 2.23. The van der Waals surface area contributed by atoms with Crippen LogP contribution in [0.5, 0.6) is 5.75 Å². The molecule has 7 heteroatoms. The molecule has 0 fully saturated rings. The second kappa shape index (κ2) is 11.6. The summed E-state index contributed by atoms with van der Waals surface area (Å²) < 4.78 is 32.1. The van der Waals surface area contributed by atoms with Crippen LogP contribution in [-0.2, 0) is 34.3 Å². The van der Waals surface area contributed by atoms with E-state index in [9.17, 15) is 13.2 Å². The predicted molar refractivity (Wildman–Crippen MR) is 144 cm³/mol. The monoisotopic (exact) mass is 506 g/mol. The molecule has 3 aromatic carbocycles. The van der Waals surface area contributed by atoms with Gasteiger partial charge in [0, 0.05) is 0 Å². The minimum absolute atomic E-state index is 0.167. The lowest BCUT2D eigenvalue weighted by molar-refractivity contribution is -0.120. The van der Waals surface area contributed by atoms with Gasteiger partial charge in [-0.25, -0.2) is 8.42 Å². The van der Waals surface area contributed by atoms with Crippen molar-refractivity contribution in [3.8, 4) is 5.75 Å². The van der Waals surface area contributed by atoms with Gasteiger partial charge in [0.05, 0.1) is 18.0 Å². The highest BCUT2D eigenvalue weighted by molar-refractivity contribution is 7.92. The van der Waals surface area contributed by atoms with E-state index in [1.165, 1.54) is 24.0 Å². The number of benzene rings is 3. The second-order valence-corrected chi connectivity index (χ2v) is 11.2. The van der Waals surface area contributed by atoms with Gasteiger partial charge in [0.15, 0.2) is 0 Å². The molecular formula is C29H34N2O4S. The van der Waals surface area contributed by atoms with E-state index in [0.29, 0.717) is 18.0 Å². The molecular weight excluding hydrogens is 472 g/mol. The summed E-state index contributed by atoms with van der Waals surface area (Å²) in [7, 11) is -3.67. The first-order valence-electron chi connectivity index (χ1n) is 12.5. The lowest BCUT2D eigenvalue weighted by Gasteiger charge is -2.25. The molecule has 0 aromatic heterocycles. The van der Waals surface area contributed by atoms with E-state index in [1.54, 1.807) is 24.3 Å². The summed E-state index contributed by atoms with van der Waals surface area (Å²) in [4.78, 5) is 13.0. The van der Waals surface area contributed by atoms with Crippen LogP contribution >= 0.6 is 0 Å². The smallest absolute Gasteiger partial charge is 0.241 e. The summed E-state index contributed by atoms with van der Waals surface area (Å²) >= 11 is 0. The highest BCUT2D eigenvalue weighted by atomic mass is 32.2. The van der Waals surface area contributed by atoms with Gasteiger partial charge in [-0.2, -0.15) is 0 Å². The number of hydrogen-bond donors (Lipinski definition) is 1. The number of nitrogens with zero attached hydrogens (tertiary/aromatic N) is 1. The number of ether oxygens (including phenoxy) is 1. The molecule has 0 aliphatic heterocycles. The number of anilines is 1. The van der Waals surface area contributed by atoms with Gasteiger partial charge in [0.2, 0.25) is 15.9 Å². The van der Waals surface area contributed by atoms with Crippen LogP contribution in [0.25, 0.3) is 0 Å². The van der Waals surface area contributed by atoms with E-state index in [-0.39, 0.29) is 18.5 Å². The van der Waals surface area contributed by atoms with Crippen LogP contribution in [0.2, 0.25) is 0 Å². The van der Waals surface area contributed by atoms with Gasteiger partial charge < -0.3 is 10.1 Å². The molecule has 3 aromatic rings. The number of aryl methyl sites for hydroxylation is 2. The van der Waals surface area contributed by atoms with Gasteiger partial charge in [0.1, 0.15) is 18.9 Å². The summed E-state index contributed by atoms with van der Waals surface area (Å²) in [6.45, 7) is 2.15. The maximum absolute atomic E-state index is 13.0. The fourth-order valence-corrected chi connectivity index (χ4v) is 5.47. The average molecular weight is 507 g/mol. The quantitative estimate of drug-likeness (QED) is 0.411. The third-order valence-corrected chi connectivity index (χ3v) is 7.72. The standard InChI is InChI=1S/C29H34N2O4S/c1-3-28(25-14-13-23-11-7-8-12-24(23)19-25)30-29(32)20-31(36(2,33)34)26-15-17-27(18-16-26)35-21-22-9-5-4-6-10-22/h4-6,9-10,13-19,28H,3,7-8,11-12,20-21H2,1-2H3,(H,30,32)/t28-/m0/s1. The lowest BCUT2D eigenvalue weighted by atomic mass is 9.89. The summed E-state index contributed by atoms with van der Waals surface area (Å²) in [6.07, 6.45) is 6.43. The Kier molecular flexibility index (Phi) is 8.31. The first kappa shape index (κ1) is 25.8. The average Bonchev–Trinajstić information content (AvgIpc) is 2.89. The fourth-order valence-electron chi connectivity index (χ4n) is 4.61. The van der Waals surface area contributed by atoms with Crippen molar-refractivity contribution >= 4 is 21.6 Å². The fraction of sp³-hybridized carbons (Fsp3) is 0.345. The normalized spacial score (nSPS) is 13.9. The van der Waals surface area contributed by atoms with Crippen LogP contribution < -0.4 is 14.4 Å². The first-order chi connectivity index (χ1) is 17.3. The molecule has 0 bridgehead atoms. The molecule has 190 valence electrons. The molecule has 4 rings (SSSR count). The third-order valence-electron chi connectivity index (χ3n) is 6.58. The summed E-state index contributed by atoms with van der Waals surface area (Å²) in [5, 5.41) is 3.04. The van der Waals surface area contributed by atoms with Crippen molar-refractivity contribution in [1.29, 1.82) is 0 Å². The van der Waals surface area contributed by atoms with Gasteiger partial charge in [0.25, 0.3) is 0 Å². The third kappa shape index (κ3) is 6.66.